The number of hydrogen-bond donors (Lipinski definition) is 1. The van der Waals surface area contributed by atoms with Crippen LogP contribution in [0, 0.1) is 0 Å². The lowest BCUT2D eigenvalue weighted by Crippen LogP contribution is -2.54. The van der Waals surface area contributed by atoms with E-state index in [1.165, 1.54) is 31.8 Å². The van der Waals surface area contributed by atoms with Crippen LogP contribution >= 0.6 is 0 Å². The summed E-state index contributed by atoms with van der Waals surface area (Å²) in [7, 11) is 0. The number of anilines is 1. The number of rotatable bonds is 15. The first-order chi connectivity index (χ1) is 18.5. The third-order valence-corrected chi connectivity index (χ3v) is 6.01. The molecule has 1 N–H and O–H groups in total. The maximum Gasteiger partial charge on any atom is 0.335 e. The number of imide groups is 2. The highest BCUT2D eigenvalue weighted by atomic mass is 16.5. The Morgan fingerprint density at radius 1 is 0.763 bits per heavy atom. The number of ether oxygens (including phenoxy) is 3. The number of unbranched alkanes of at least 4 members (excludes halogenated alkanes) is 5. The molecular formula is C30H38N2O6. The minimum absolute atomic E-state index is 0.144. The summed E-state index contributed by atoms with van der Waals surface area (Å²) >= 11 is 0. The average molecular weight is 523 g/mol. The Morgan fingerprint density at radius 3 is 2.21 bits per heavy atom. The van der Waals surface area contributed by atoms with Crippen LogP contribution in [0.5, 0.6) is 17.2 Å². The van der Waals surface area contributed by atoms with Gasteiger partial charge in [-0.25, -0.2) is 9.69 Å². The van der Waals surface area contributed by atoms with Crippen LogP contribution in [0.3, 0.4) is 0 Å². The molecule has 2 aromatic carbocycles. The average Bonchev–Trinajstić information content (AvgIpc) is 2.91. The van der Waals surface area contributed by atoms with Gasteiger partial charge in [0.2, 0.25) is 0 Å². The van der Waals surface area contributed by atoms with Crippen molar-refractivity contribution >= 4 is 29.6 Å². The Balaban J connectivity index is 1.71. The highest BCUT2D eigenvalue weighted by Gasteiger charge is 2.37. The van der Waals surface area contributed by atoms with E-state index in [-0.39, 0.29) is 11.3 Å². The number of nitrogens with one attached hydrogen (secondary N) is 1. The largest absolute Gasteiger partial charge is 0.494 e. The normalized spacial score (nSPS) is 14.6. The van der Waals surface area contributed by atoms with Crippen molar-refractivity contribution in [3.05, 3.63) is 53.6 Å². The lowest BCUT2D eigenvalue weighted by Gasteiger charge is -2.27. The van der Waals surface area contributed by atoms with Crippen LogP contribution < -0.4 is 24.4 Å². The van der Waals surface area contributed by atoms with Crippen LogP contribution in [0.4, 0.5) is 10.5 Å². The summed E-state index contributed by atoms with van der Waals surface area (Å²) in [4.78, 5) is 39.4. The molecule has 1 aliphatic rings. The zero-order valence-electron chi connectivity index (χ0n) is 22.6. The van der Waals surface area contributed by atoms with Crippen molar-refractivity contribution in [1.82, 2.24) is 5.32 Å². The molecule has 0 bridgehead atoms. The summed E-state index contributed by atoms with van der Waals surface area (Å²) in [6, 6.07) is 11.2. The van der Waals surface area contributed by atoms with Crippen LogP contribution in [0.1, 0.15) is 71.3 Å². The summed E-state index contributed by atoms with van der Waals surface area (Å²) in [5, 5.41) is 2.26. The molecule has 0 aromatic heterocycles. The van der Waals surface area contributed by atoms with E-state index < -0.39 is 17.8 Å². The third kappa shape index (κ3) is 7.84. The summed E-state index contributed by atoms with van der Waals surface area (Å²) < 4.78 is 17.2. The van der Waals surface area contributed by atoms with Crippen LogP contribution in [0.15, 0.2) is 48.0 Å². The summed E-state index contributed by atoms with van der Waals surface area (Å²) in [5.74, 6) is 0.205. The molecule has 38 heavy (non-hydrogen) atoms. The standard InChI is InChI=1S/C30H38N2O6/c1-4-7-8-9-10-11-19-37-24-15-12-22(13-16-24)20-25-28(33)31-30(35)32(29(25)34)23-14-17-26(38-18-5-2)27(21-23)36-6-3/h12-17,20-21H,4-11,18-19H2,1-3H3,(H,31,33,35)/b25-20+. The van der Waals surface area contributed by atoms with Crippen LogP contribution in [0.25, 0.3) is 6.08 Å². The second-order valence-electron chi connectivity index (χ2n) is 9.06. The van der Waals surface area contributed by atoms with E-state index in [0.29, 0.717) is 36.9 Å². The minimum Gasteiger partial charge on any atom is -0.494 e. The molecule has 8 heteroatoms. The van der Waals surface area contributed by atoms with Gasteiger partial charge in [0.05, 0.1) is 25.5 Å². The summed E-state index contributed by atoms with van der Waals surface area (Å²) in [6.45, 7) is 7.57. The van der Waals surface area contributed by atoms with Gasteiger partial charge in [-0.2, -0.15) is 0 Å². The van der Waals surface area contributed by atoms with Crippen molar-refractivity contribution in [1.29, 1.82) is 0 Å². The fourth-order valence-electron chi connectivity index (χ4n) is 4.03. The van der Waals surface area contributed by atoms with E-state index in [1.54, 1.807) is 42.5 Å². The molecule has 0 aliphatic carbocycles. The minimum atomic E-state index is -0.819. The molecule has 4 amide bonds. The second-order valence-corrected chi connectivity index (χ2v) is 9.06. The van der Waals surface area contributed by atoms with Crippen molar-refractivity contribution in [3.8, 4) is 17.2 Å². The number of amides is 4. The van der Waals surface area contributed by atoms with Gasteiger partial charge < -0.3 is 14.2 Å². The second kappa shape index (κ2) is 14.8. The Bertz CT molecular complexity index is 1130. The molecule has 0 radical (unpaired) electrons. The lowest BCUT2D eigenvalue weighted by atomic mass is 10.1. The number of hydrogen-bond acceptors (Lipinski definition) is 6. The Labute approximate surface area is 224 Å². The molecule has 3 rings (SSSR count). The van der Waals surface area contributed by atoms with Gasteiger partial charge in [0.25, 0.3) is 11.8 Å². The van der Waals surface area contributed by atoms with E-state index >= 15 is 0 Å². The van der Waals surface area contributed by atoms with Gasteiger partial charge in [0.15, 0.2) is 11.5 Å². The van der Waals surface area contributed by atoms with E-state index in [4.69, 9.17) is 14.2 Å². The summed E-state index contributed by atoms with van der Waals surface area (Å²) in [6.07, 6.45) is 9.45. The number of urea groups is 1. The first-order valence-corrected chi connectivity index (χ1v) is 13.5. The third-order valence-electron chi connectivity index (χ3n) is 6.01. The molecule has 2 aromatic rings. The molecule has 8 nitrogen and oxygen atoms in total. The van der Waals surface area contributed by atoms with Crippen molar-refractivity contribution in [2.24, 2.45) is 0 Å². The quantitative estimate of drug-likeness (QED) is 0.168. The molecule has 1 saturated heterocycles. The van der Waals surface area contributed by atoms with Gasteiger partial charge >= 0.3 is 6.03 Å². The van der Waals surface area contributed by atoms with Gasteiger partial charge in [0.1, 0.15) is 11.3 Å². The number of carbonyl (C=O) groups excluding carboxylic acids is 3. The van der Waals surface area contributed by atoms with E-state index in [2.05, 4.69) is 12.2 Å². The zero-order valence-corrected chi connectivity index (χ0v) is 22.6. The van der Waals surface area contributed by atoms with Gasteiger partial charge in [0, 0.05) is 6.07 Å². The fraction of sp³-hybridized carbons (Fsp3) is 0.433. The highest BCUT2D eigenvalue weighted by Crippen LogP contribution is 2.34. The highest BCUT2D eigenvalue weighted by molar-refractivity contribution is 6.39. The van der Waals surface area contributed by atoms with Gasteiger partial charge in [-0.1, -0.05) is 58.1 Å². The lowest BCUT2D eigenvalue weighted by molar-refractivity contribution is -0.122. The van der Waals surface area contributed by atoms with Crippen LogP contribution in [0.2, 0.25) is 0 Å². The molecule has 0 spiro atoms. The predicted octanol–water partition coefficient (Wildman–Crippen LogP) is 6.28. The Hall–Kier alpha value is -3.81. The first-order valence-electron chi connectivity index (χ1n) is 13.5. The van der Waals surface area contributed by atoms with Gasteiger partial charge in [-0.05, 0) is 55.7 Å². The van der Waals surface area contributed by atoms with E-state index in [9.17, 15) is 14.4 Å². The number of benzene rings is 2. The first kappa shape index (κ1) is 28.8. The fourth-order valence-corrected chi connectivity index (χ4v) is 4.03. The van der Waals surface area contributed by atoms with Crippen molar-refractivity contribution in [3.63, 3.8) is 0 Å². The molecule has 204 valence electrons. The monoisotopic (exact) mass is 522 g/mol. The van der Waals surface area contributed by atoms with Crippen molar-refractivity contribution in [2.75, 3.05) is 24.7 Å². The zero-order chi connectivity index (χ0) is 27.3. The van der Waals surface area contributed by atoms with Crippen LogP contribution in [-0.2, 0) is 9.59 Å². The van der Waals surface area contributed by atoms with Gasteiger partial charge in [-0.3, -0.25) is 14.9 Å². The van der Waals surface area contributed by atoms with E-state index in [0.717, 1.165) is 29.9 Å². The number of nitrogens with zero attached hydrogens (tertiary/aromatic N) is 1. The van der Waals surface area contributed by atoms with Crippen molar-refractivity contribution < 1.29 is 28.6 Å². The molecule has 1 heterocycles. The van der Waals surface area contributed by atoms with Crippen LogP contribution in [-0.4, -0.2) is 37.7 Å². The molecule has 0 saturated carbocycles. The Morgan fingerprint density at radius 2 is 1.50 bits per heavy atom. The number of carbonyl (C=O) groups is 3. The SMILES string of the molecule is CCCCCCCCOc1ccc(/C=C2\C(=O)NC(=O)N(c3ccc(OCCC)c(OCC)c3)C2=O)cc1. The molecule has 0 atom stereocenters. The van der Waals surface area contributed by atoms with E-state index in [1.807, 2.05) is 13.8 Å². The number of barbiturate groups is 1. The summed E-state index contributed by atoms with van der Waals surface area (Å²) in [5.41, 5.74) is 0.772. The van der Waals surface area contributed by atoms with Crippen molar-refractivity contribution in [2.45, 2.75) is 65.7 Å². The topological polar surface area (TPSA) is 94.2 Å². The molecule has 1 fully saturated rings. The smallest absolute Gasteiger partial charge is 0.335 e. The predicted molar refractivity (Wildman–Crippen MR) is 148 cm³/mol. The maximum atomic E-state index is 13.3. The molecular weight excluding hydrogens is 484 g/mol. The van der Waals surface area contributed by atoms with Gasteiger partial charge in [-0.15, -0.1) is 0 Å². The molecule has 0 unspecified atom stereocenters. The Kier molecular flexibility index (Phi) is 11.2. The molecule has 1 aliphatic heterocycles. The maximum absolute atomic E-state index is 13.3.